The highest BCUT2D eigenvalue weighted by Gasteiger charge is 2.30. The fraction of sp³-hybridized carbons (Fsp3) is 0.588. The van der Waals surface area contributed by atoms with Gasteiger partial charge in [0.05, 0.1) is 17.1 Å². The number of aromatic nitrogens is 2. The third kappa shape index (κ3) is 2.53. The lowest BCUT2D eigenvalue weighted by Gasteiger charge is -2.26. The Hall–Kier alpha value is -1.55. The predicted octanol–water partition coefficient (Wildman–Crippen LogP) is 3.05. The topological polar surface area (TPSA) is 64.1 Å². The van der Waals surface area contributed by atoms with Gasteiger partial charge in [-0.1, -0.05) is 0 Å². The van der Waals surface area contributed by atoms with Crippen molar-refractivity contribution in [3.8, 4) is 0 Å². The Morgan fingerprint density at radius 2 is 1.90 bits per heavy atom. The van der Waals surface area contributed by atoms with Crippen LogP contribution >= 0.6 is 0 Å². The van der Waals surface area contributed by atoms with E-state index in [0.29, 0.717) is 11.8 Å². The van der Waals surface area contributed by atoms with E-state index in [1.165, 1.54) is 24.2 Å². The Kier molecular flexibility index (Phi) is 3.14. The lowest BCUT2D eigenvalue weighted by Crippen LogP contribution is -2.22. The lowest BCUT2D eigenvalue weighted by molar-refractivity contribution is 0.104. The number of nitrogens with zero attached hydrogens (tertiary/aromatic N) is 2. The summed E-state index contributed by atoms with van der Waals surface area (Å²) in [7, 11) is 0. The van der Waals surface area contributed by atoms with Crippen LogP contribution in [0.25, 0.3) is 11.0 Å². The zero-order valence-corrected chi connectivity index (χ0v) is 12.3. The van der Waals surface area contributed by atoms with Crippen LogP contribution in [-0.4, -0.2) is 20.8 Å². The van der Waals surface area contributed by atoms with Gasteiger partial charge < -0.3 is 15.4 Å². The van der Waals surface area contributed by atoms with E-state index in [-0.39, 0.29) is 6.10 Å². The van der Waals surface area contributed by atoms with Crippen LogP contribution < -0.4 is 5.73 Å². The van der Waals surface area contributed by atoms with Gasteiger partial charge in [0, 0.05) is 18.2 Å². The van der Waals surface area contributed by atoms with Gasteiger partial charge in [-0.15, -0.1) is 0 Å². The van der Waals surface area contributed by atoms with Crippen molar-refractivity contribution in [3.63, 3.8) is 0 Å². The van der Waals surface area contributed by atoms with Gasteiger partial charge in [-0.2, -0.15) is 0 Å². The molecule has 0 radical (unpaired) electrons. The number of nitrogens with two attached hydrogens (primary N) is 1. The Bertz CT molecular complexity index is 651. The Balaban J connectivity index is 1.67. The zero-order valence-electron chi connectivity index (χ0n) is 12.3. The monoisotopic (exact) mass is 285 g/mol. The summed E-state index contributed by atoms with van der Waals surface area (Å²) in [5, 5.41) is 9.68. The van der Waals surface area contributed by atoms with Crippen molar-refractivity contribution in [3.05, 3.63) is 24.0 Å². The van der Waals surface area contributed by atoms with Crippen LogP contribution in [0.4, 0.5) is 5.69 Å². The van der Waals surface area contributed by atoms with Crippen LogP contribution in [0.2, 0.25) is 0 Å². The third-order valence-corrected chi connectivity index (χ3v) is 5.00. The highest BCUT2D eigenvalue weighted by molar-refractivity contribution is 5.79. The molecule has 4 nitrogen and oxygen atoms in total. The Morgan fingerprint density at radius 1 is 1.14 bits per heavy atom. The van der Waals surface area contributed by atoms with Gasteiger partial charge in [0.2, 0.25) is 0 Å². The second kappa shape index (κ2) is 5.02. The molecule has 0 aliphatic heterocycles. The first-order valence-corrected chi connectivity index (χ1v) is 8.14. The molecule has 2 fully saturated rings. The van der Waals surface area contributed by atoms with Crippen LogP contribution in [0.1, 0.15) is 50.3 Å². The Morgan fingerprint density at radius 3 is 2.62 bits per heavy atom. The molecule has 0 unspecified atom stereocenters. The van der Waals surface area contributed by atoms with Gasteiger partial charge >= 0.3 is 0 Å². The SMILES string of the molecule is Nc1ccc2c(c1)nc(C1CC1)n2CC1CCC(O)CC1. The predicted molar refractivity (Wildman–Crippen MR) is 84.1 cm³/mol. The first-order chi connectivity index (χ1) is 10.2. The molecule has 2 aromatic rings. The van der Waals surface area contributed by atoms with Crippen molar-refractivity contribution < 1.29 is 5.11 Å². The second-order valence-corrected chi connectivity index (χ2v) is 6.78. The molecule has 3 N–H and O–H groups in total. The van der Waals surface area contributed by atoms with Crippen molar-refractivity contribution in [1.82, 2.24) is 9.55 Å². The molecule has 4 rings (SSSR count). The average Bonchev–Trinajstić information content (AvgIpc) is 3.25. The van der Waals surface area contributed by atoms with Crippen molar-refractivity contribution in [2.75, 3.05) is 5.73 Å². The van der Waals surface area contributed by atoms with E-state index in [1.807, 2.05) is 12.1 Å². The summed E-state index contributed by atoms with van der Waals surface area (Å²) in [4.78, 5) is 4.85. The van der Waals surface area contributed by atoms with Crippen LogP contribution in [0, 0.1) is 5.92 Å². The summed E-state index contributed by atoms with van der Waals surface area (Å²) in [6.45, 7) is 1.04. The van der Waals surface area contributed by atoms with Crippen molar-refractivity contribution in [1.29, 1.82) is 0 Å². The maximum atomic E-state index is 9.68. The van der Waals surface area contributed by atoms with Gasteiger partial charge in [-0.3, -0.25) is 0 Å². The summed E-state index contributed by atoms with van der Waals surface area (Å²) in [5.41, 5.74) is 8.94. The molecule has 1 aromatic heterocycles. The van der Waals surface area contributed by atoms with Gasteiger partial charge in [0.25, 0.3) is 0 Å². The highest BCUT2D eigenvalue weighted by Crippen LogP contribution is 2.41. The summed E-state index contributed by atoms with van der Waals surface area (Å²) >= 11 is 0. The minimum Gasteiger partial charge on any atom is -0.399 e. The van der Waals surface area contributed by atoms with Gasteiger partial charge in [0.1, 0.15) is 5.82 Å². The number of hydrogen-bond donors (Lipinski definition) is 2. The number of imidazole rings is 1. The fourth-order valence-corrected chi connectivity index (χ4v) is 3.60. The minimum absolute atomic E-state index is 0.0801. The minimum atomic E-state index is -0.0801. The van der Waals surface area contributed by atoms with Crippen LogP contribution in [-0.2, 0) is 6.54 Å². The standard InChI is InChI=1S/C17H23N3O/c18-13-5-8-16-15(9-13)19-17(12-3-4-12)20(16)10-11-1-6-14(21)7-2-11/h5,8-9,11-12,14,21H,1-4,6-7,10,18H2. The molecule has 2 saturated carbocycles. The van der Waals surface area contributed by atoms with Crippen LogP contribution in [0.3, 0.4) is 0 Å². The number of benzene rings is 1. The molecular weight excluding hydrogens is 262 g/mol. The van der Waals surface area contributed by atoms with E-state index in [9.17, 15) is 5.11 Å². The fourth-order valence-electron chi connectivity index (χ4n) is 3.60. The quantitative estimate of drug-likeness (QED) is 0.852. The number of aliphatic hydroxyl groups excluding tert-OH is 1. The van der Waals surface area contributed by atoms with E-state index in [2.05, 4.69) is 10.6 Å². The molecule has 1 aromatic carbocycles. The van der Waals surface area contributed by atoms with Crippen molar-refractivity contribution in [2.24, 2.45) is 5.92 Å². The summed E-state index contributed by atoms with van der Waals surface area (Å²) < 4.78 is 2.43. The average molecular weight is 285 g/mol. The number of aliphatic hydroxyl groups is 1. The summed E-state index contributed by atoms with van der Waals surface area (Å²) in [5.74, 6) is 2.57. The molecule has 0 spiro atoms. The number of nitrogen functional groups attached to an aromatic ring is 1. The molecule has 1 heterocycles. The molecule has 0 saturated heterocycles. The maximum absolute atomic E-state index is 9.68. The zero-order chi connectivity index (χ0) is 14.4. The van der Waals surface area contributed by atoms with Crippen LogP contribution in [0.5, 0.6) is 0 Å². The van der Waals surface area contributed by atoms with Gasteiger partial charge in [0.15, 0.2) is 0 Å². The largest absolute Gasteiger partial charge is 0.399 e. The molecule has 21 heavy (non-hydrogen) atoms. The van der Waals surface area contributed by atoms with Crippen molar-refractivity contribution >= 4 is 16.7 Å². The van der Waals surface area contributed by atoms with E-state index < -0.39 is 0 Å². The molecule has 112 valence electrons. The molecule has 2 aliphatic rings. The molecule has 0 bridgehead atoms. The number of anilines is 1. The summed E-state index contributed by atoms with van der Waals surface area (Å²) in [6.07, 6.45) is 6.60. The van der Waals surface area contributed by atoms with E-state index in [0.717, 1.165) is 43.4 Å². The van der Waals surface area contributed by atoms with Gasteiger partial charge in [-0.05, 0) is 62.6 Å². The molecular formula is C17H23N3O. The molecule has 4 heteroatoms. The van der Waals surface area contributed by atoms with Crippen LogP contribution in [0.15, 0.2) is 18.2 Å². The lowest BCUT2D eigenvalue weighted by atomic mass is 9.87. The first-order valence-electron chi connectivity index (χ1n) is 8.14. The highest BCUT2D eigenvalue weighted by atomic mass is 16.3. The van der Waals surface area contributed by atoms with E-state index in [1.54, 1.807) is 0 Å². The molecule has 0 atom stereocenters. The van der Waals surface area contributed by atoms with E-state index >= 15 is 0 Å². The molecule has 0 amide bonds. The first kappa shape index (κ1) is 13.1. The third-order valence-electron chi connectivity index (χ3n) is 5.00. The maximum Gasteiger partial charge on any atom is 0.113 e. The molecule has 2 aliphatic carbocycles. The Labute approximate surface area is 125 Å². The van der Waals surface area contributed by atoms with E-state index in [4.69, 9.17) is 10.7 Å². The number of rotatable bonds is 3. The second-order valence-electron chi connectivity index (χ2n) is 6.78. The summed E-state index contributed by atoms with van der Waals surface area (Å²) in [6, 6.07) is 6.07. The smallest absolute Gasteiger partial charge is 0.113 e. The van der Waals surface area contributed by atoms with Crippen molar-refractivity contribution in [2.45, 2.75) is 57.1 Å². The van der Waals surface area contributed by atoms with Gasteiger partial charge in [-0.25, -0.2) is 4.98 Å². The normalized spacial score (nSPS) is 26.3. The number of fused-ring (bicyclic) bond motifs is 1. The number of hydrogen-bond acceptors (Lipinski definition) is 3.